The van der Waals surface area contributed by atoms with Gasteiger partial charge in [0.05, 0.1) is 29.7 Å². The van der Waals surface area contributed by atoms with Crippen LogP contribution in [0.25, 0.3) is 0 Å². The molecular weight excluding hydrogens is 290 g/mol. The van der Waals surface area contributed by atoms with Gasteiger partial charge in [-0.15, -0.1) is 0 Å². The largest absolute Gasteiger partial charge is 0.379 e. The van der Waals surface area contributed by atoms with E-state index >= 15 is 0 Å². The fourth-order valence-corrected chi connectivity index (χ4v) is 2.43. The molecule has 112 valence electrons. The molecule has 1 aliphatic rings. The number of hydrogen-bond donors (Lipinski definition) is 2. The van der Waals surface area contributed by atoms with Crippen molar-refractivity contribution in [2.75, 3.05) is 25.1 Å². The fraction of sp³-hybridized carbons (Fsp3) is 0.467. The Bertz CT molecular complexity index is 556. The number of rotatable bonds is 5. The van der Waals surface area contributed by atoms with Gasteiger partial charge >= 0.3 is 0 Å². The van der Waals surface area contributed by atoms with Gasteiger partial charge < -0.3 is 15.4 Å². The molecular formula is C15H18ClN3O2. The summed E-state index contributed by atoms with van der Waals surface area (Å²) in [5.74, 6) is -0.329. The van der Waals surface area contributed by atoms with Gasteiger partial charge in [0, 0.05) is 11.7 Å². The number of ether oxygens (including phenoxy) is 1. The first-order valence-electron chi connectivity index (χ1n) is 6.97. The highest BCUT2D eigenvalue weighted by Gasteiger charge is 2.33. The number of amides is 1. The Morgan fingerprint density at radius 2 is 2.33 bits per heavy atom. The average molecular weight is 308 g/mol. The predicted octanol–water partition coefficient (Wildman–Crippen LogP) is 2.16. The van der Waals surface area contributed by atoms with Crippen LogP contribution in [0.15, 0.2) is 18.2 Å². The van der Waals surface area contributed by atoms with Gasteiger partial charge in [-0.25, -0.2) is 0 Å². The zero-order valence-corrected chi connectivity index (χ0v) is 12.6. The van der Waals surface area contributed by atoms with Crippen LogP contribution in [-0.2, 0) is 9.53 Å². The van der Waals surface area contributed by atoms with Crippen LogP contribution >= 0.6 is 11.6 Å². The minimum absolute atomic E-state index is 0.0349. The first kappa shape index (κ1) is 15.8. The predicted molar refractivity (Wildman–Crippen MR) is 81.2 cm³/mol. The molecule has 2 N–H and O–H groups in total. The molecule has 1 aliphatic heterocycles. The van der Waals surface area contributed by atoms with Crippen molar-refractivity contribution in [3.05, 3.63) is 28.8 Å². The van der Waals surface area contributed by atoms with Gasteiger partial charge in [-0.3, -0.25) is 4.79 Å². The summed E-state index contributed by atoms with van der Waals surface area (Å²) in [5, 5.41) is 15.5. The Labute approximate surface area is 129 Å². The first-order valence-corrected chi connectivity index (χ1v) is 7.35. The molecule has 21 heavy (non-hydrogen) atoms. The van der Waals surface area contributed by atoms with E-state index in [9.17, 15) is 4.79 Å². The van der Waals surface area contributed by atoms with E-state index in [0.29, 0.717) is 29.5 Å². The fourth-order valence-electron chi connectivity index (χ4n) is 2.27. The Morgan fingerprint density at radius 1 is 1.52 bits per heavy atom. The molecule has 1 aromatic carbocycles. The highest BCUT2D eigenvalue weighted by atomic mass is 35.5. The molecule has 6 heteroatoms. The van der Waals surface area contributed by atoms with E-state index in [1.54, 1.807) is 18.2 Å². The highest BCUT2D eigenvalue weighted by molar-refractivity contribution is 6.31. The number of hydrogen-bond acceptors (Lipinski definition) is 4. The third-order valence-electron chi connectivity index (χ3n) is 3.43. The summed E-state index contributed by atoms with van der Waals surface area (Å²) in [6.45, 7) is 3.89. The Kier molecular flexibility index (Phi) is 5.57. The summed E-state index contributed by atoms with van der Waals surface area (Å²) < 4.78 is 5.39. The van der Waals surface area contributed by atoms with E-state index in [2.05, 4.69) is 17.6 Å². The third kappa shape index (κ3) is 3.94. The van der Waals surface area contributed by atoms with Crippen molar-refractivity contribution in [1.82, 2.24) is 5.32 Å². The summed E-state index contributed by atoms with van der Waals surface area (Å²) in [6.07, 6.45) is 1.01. The standard InChI is InChI=1S/C15H18ClN3O2/c1-2-5-18-14-9-21-8-12(14)15(20)19-11-3-4-13(16)10(6-11)7-17/h3-4,6,12,14,18H,2,5,8-9H2,1H3,(H,19,20). The third-order valence-corrected chi connectivity index (χ3v) is 3.76. The van der Waals surface area contributed by atoms with Crippen molar-refractivity contribution in [2.45, 2.75) is 19.4 Å². The molecule has 0 bridgehead atoms. The average Bonchev–Trinajstić information content (AvgIpc) is 2.95. The maximum Gasteiger partial charge on any atom is 0.231 e. The lowest BCUT2D eigenvalue weighted by Gasteiger charge is -2.18. The number of halogens is 1. The van der Waals surface area contributed by atoms with Crippen molar-refractivity contribution < 1.29 is 9.53 Å². The van der Waals surface area contributed by atoms with Crippen LogP contribution in [0.3, 0.4) is 0 Å². The van der Waals surface area contributed by atoms with Crippen molar-refractivity contribution in [3.63, 3.8) is 0 Å². The number of carbonyl (C=O) groups excluding carboxylic acids is 1. The lowest BCUT2D eigenvalue weighted by Crippen LogP contribution is -2.41. The van der Waals surface area contributed by atoms with Gasteiger partial charge in [0.25, 0.3) is 0 Å². The van der Waals surface area contributed by atoms with Gasteiger partial charge in [0.2, 0.25) is 5.91 Å². The number of anilines is 1. The zero-order valence-electron chi connectivity index (χ0n) is 11.9. The minimum atomic E-state index is -0.224. The SMILES string of the molecule is CCCNC1COCC1C(=O)Nc1ccc(Cl)c(C#N)c1. The van der Waals surface area contributed by atoms with E-state index in [0.717, 1.165) is 13.0 Å². The molecule has 0 saturated carbocycles. The molecule has 2 unspecified atom stereocenters. The van der Waals surface area contributed by atoms with E-state index < -0.39 is 0 Å². The number of nitriles is 1. The van der Waals surface area contributed by atoms with Gasteiger partial charge in [0.15, 0.2) is 0 Å². The second-order valence-corrected chi connectivity index (χ2v) is 5.41. The molecule has 1 amide bonds. The molecule has 1 heterocycles. The summed E-state index contributed by atoms with van der Waals surface area (Å²) in [6, 6.07) is 6.89. The lowest BCUT2D eigenvalue weighted by atomic mass is 10.0. The van der Waals surface area contributed by atoms with Crippen LogP contribution in [0.5, 0.6) is 0 Å². The second-order valence-electron chi connectivity index (χ2n) is 5.00. The molecule has 0 aromatic heterocycles. The topological polar surface area (TPSA) is 74.2 Å². The van der Waals surface area contributed by atoms with Crippen LogP contribution in [0.2, 0.25) is 5.02 Å². The Morgan fingerprint density at radius 3 is 3.05 bits per heavy atom. The summed E-state index contributed by atoms with van der Waals surface area (Å²) in [7, 11) is 0. The summed E-state index contributed by atoms with van der Waals surface area (Å²) in [5.41, 5.74) is 0.917. The summed E-state index contributed by atoms with van der Waals surface area (Å²) >= 11 is 5.88. The van der Waals surface area contributed by atoms with E-state index in [-0.39, 0.29) is 17.9 Å². The van der Waals surface area contributed by atoms with Gasteiger partial charge in [0.1, 0.15) is 6.07 Å². The molecule has 1 aromatic rings. The zero-order chi connectivity index (χ0) is 15.2. The number of benzene rings is 1. The van der Waals surface area contributed by atoms with Crippen LogP contribution in [0, 0.1) is 17.2 Å². The molecule has 2 rings (SSSR count). The second kappa shape index (κ2) is 7.41. The van der Waals surface area contributed by atoms with Gasteiger partial charge in [-0.1, -0.05) is 18.5 Å². The summed E-state index contributed by atoms with van der Waals surface area (Å²) in [4.78, 5) is 12.3. The normalized spacial score (nSPS) is 21.0. The van der Waals surface area contributed by atoms with Crippen LogP contribution in [-0.4, -0.2) is 31.7 Å². The molecule has 5 nitrogen and oxygen atoms in total. The molecule has 2 atom stereocenters. The first-order chi connectivity index (χ1) is 10.2. The van der Waals surface area contributed by atoms with Crippen LogP contribution < -0.4 is 10.6 Å². The minimum Gasteiger partial charge on any atom is -0.379 e. The highest BCUT2D eigenvalue weighted by Crippen LogP contribution is 2.21. The maximum atomic E-state index is 12.3. The molecule has 0 aliphatic carbocycles. The van der Waals surface area contributed by atoms with Gasteiger partial charge in [-0.2, -0.15) is 5.26 Å². The molecule has 0 spiro atoms. The Balaban J connectivity index is 2.02. The van der Waals surface area contributed by atoms with E-state index in [4.69, 9.17) is 21.6 Å². The van der Waals surface area contributed by atoms with Gasteiger partial charge in [-0.05, 0) is 31.2 Å². The smallest absolute Gasteiger partial charge is 0.231 e. The molecule has 1 saturated heterocycles. The van der Waals surface area contributed by atoms with Crippen molar-refractivity contribution in [1.29, 1.82) is 5.26 Å². The van der Waals surface area contributed by atoms with Crippen LogP contribution in [0.4, 0.5) is 5.69 Å². The van der Waals surface area contributed by atoms with Crippen molar-refractivity contribution in [3.8, 4) is 6.07 Å². The van der Waals surface area contributed by atoms with Crippen molar-refractivity contribution >= 4 is 23.2 Å². The number of nitrogens with one attached hydrogen (secondary N) is 2. The van der Waals surface area contributed by atoms with E-state index in [1.165, 1.54) is 0 Å². The lowest BCUT2D eigenvalue weighted by molar-refractivity contribution is -0.120. The van der Waals surface area contributed by atoms with Crippen LogP contribution in [0.1, 0.15) is 18.9 Å². The van der Waals surface area contributed by atoms with Crippen molar-refractivity contribution in [2.24, 2.45) is 5.92 Å². The molecule has 1 fully saturated rings. The Hall–Kier alpha value is -1.61. The number of carbonyl (C=O) groups is 1. The maximum absolute atomic E-state index is 12.3. The van der Waals surface area contributed by atoms with E-state index in [1.807, 2.05) is 6.07 Å². The number of nitrogens with zero attached hydrogens (tertiary/aromatic N) is 1. The molecule has 0 radical (unpaired) electrons. The quantitative estimate of drug-likeness (QED) is 0.874. The monoisotopic (exact) mass is 307 g/mol.